The highest BCUT2D eigenvalue weighted by Crippen LogP contribution is 2.32. The summed E-state index contributed by atoms with van der Waals surface area (Å²) >= 11 is 6.11. The first kappa shape index (κ1) is 20.6. The molecule has 0 aliphatic heterocycles. The van der Waals surface area contributed by atoms with Crippen LogP contribution in [0.1, 0.15) is 42.5 Å². The average Bonchev–Trinajstić information content (AvgIpc) is 3.19. The smallest absolute Gasteiger partial charge is 0.345 e. The molecule has 2 heterocycles. The molecule has 2 aromatic carbocycles. The van der Waals surface area contributed by atoms with E-state index in [1.165, 1.54) is 32.1 Å². The molecule has 1 N–H and O–H groups in total. The molecule has 4 aromatic rings. The molecular weight excluding hydrogens is 422 g/mol. The van der Waals surface area contributed by atoms with E-state index in [9.17, 15) is 4.79 Å². The number of rotatable bonds is 5. The average molecular weight is 446 g/mol. The number of hydrogen-bond donors (Lipinski definition) is 1. The molecule has 0 bridgehead atoms. The Kier molecular flexibility index (Phi) is 5.82. The summed E-state index contributed by atoms with van der Waals surface area (Å²) < 4.78 is 7.62. The summed E-state index contributed by atoms with van der Waals surface area (Å²) in [5.74, 6) is 0.994. The van der Waals surface area contributed by atoms with E-state index in [0.717, 1.165) is 22.7 Å². The topological polar surface area (TPSA) is 55.6 Å². The standard InChI is InChI=1S/C26H24ClN3O2/c27-22-11-5-4-10-21(22)26(31)32-20-15-13-18(14-16-20)24-25(28-19-8-2-1-3-9-19)30-17-7-6-12-23(30)29-24/h4-7,10-17,19,28H,1-3,8-9H2. The number of fused-ring (bicyclic) bond motifs is 1. The van der Waals surface area contributed by atoms with E-state index >= 15 is 0 Å². The lowest BCUT2D eigenvalue weighted by Crippen LogP contribution is -2.23. The Hall–Kier alpha value is -3.31. The molecule has 2 aromatic heterocycles. The van der Waals surface area contributed by atoms with Gasteiger partial charge < -0.3 is 10.1 Å². The van der Waals surface area contributed by atoms with Crippen LogP contribution in [0.25, 0.3) is 16.9 Å². The molecule has 1 fully saturated rings. The molecule has 0 atom stereocenters. The number of esters is 1. The van der Waals surface area contributed by atoms with Crippen molar-refractivity contribution < 1.29 is 9.53 Å². The number of nitrogens with zero attached hydrogens (tertiary/aromatic N) is 2. The van der Waals surface area contributed by atoms with Crippen LogP contribution in [0.3, 0.4) is 0 Å². The van der Waals surface area contributed by atoms with Gasteiger partial charge in [-0.15, -0.1) is 0 Å². The van der Waals surface area contributed by atoms with Crippen LogP contribution in [-0.4, -0.2) is 21.4 Å². The molecule has 32 heavy (non-hydrogen) atoms. The van der Waals surface area contributed by atoms with Gasteiger partial charge in [-0.1, -0.05) is 49.1 Å². The zero-order valence-corrected chi connectivity index (χ0v) is 18.4. The Bertz CT molecular complexity index is 1240. The van der Waals surface area contributed by atoms with Crippen LogP contribution in [0.4, 0.5) is 5.82 Å². The van der Waals surface area contributed by atoms with Crippen molar-refractivity contribution in [3.8, 4) is 17.0 Å². The molecule has 5 nitrogen and oxygen atoms in total. The lowest BCUT2D eigenvalue weighted by atomic mass is 9.95. The number of aromatic nitrogens is 2. The molecule has 0 radical (unpaired) electrons. The van der Waals surface area contributed by atoms with Crippen LogP contribution >= 0.6 is 11.6 Å². The van der Waals surface area contributed by atoms with E-state index in [1.807, 2.05) is 36.5 Å². The fourth-order valence-electron chi connectivity index (χ4n) is 4.24. The quantitative estimate of drug-likeness (QED) is 0.277. The number of pyridine rings is 1. The van der Waals surface area contributed by atoms with Gasteiger partial charge in [0, 0.05) is 17.8 Å². The first-order chi connectivity index (χ1) is 15.7. The van der Waals surface area contributed by atoms with Crippen LogP contribution in [0.5, 0.6) is 5.75 Å². The van der Waals surface area contributed by atoms with Gasteiger partial charge in [-0.05, 0) is 61.4 Å². The Balaban J connectivity index is 1.42. The van der Waals surface area contributed by atoms with Crippen LogP contribution in [0, 0.1) is 0 Å². The lowest BCUT2D eigenvalue weighted by molar-refractivity contribution is 0.0735. The molecule has 0 saturated heterocycles. The van der Waals surface area contributed by atoms with Gasteiger partial charge in [0.2, 0.25) is 0 Å². The highest BCUT2D eigenvalue weighted by atomic mass is 35.5. The molecule has 162 valence electrons. The van der Waals surface area contributed by atoms with Crippen molar-refractivity contribution in [1.82, 2.24) is 9.38 Å². The van der Waals surface area contributed by atoms with Gasteiger partial charge in [0.1, 0.15) is 22.9 Å². The largest absolute Gasteiger partial charge is 0.423 e. The summed E-state index contributed by atoms with van der Waals surface area (Å²) in [7, 11) is 0. The van der Waals surface area contributed by atoms with Gasteiger partial charge >= 0.3 is 5.97 Å². The molecule has 0 amide bonds. The number of halogens is 1. The summed E-state index contributed by atoms with van der Waals surface area (Å²) in [4.78, 5) is 17.3. The summed E-state index contributed by atoms with van der Waals surface area (Å²) in [5.41, 5.74) is 3.10. The maximum Gasteiger partial charge on any atom is 0.345 e. The van der Waals surface area contributed by atoms with E-state index in [2.05, 4.69) is 9.72 Å². The Morgan fingerprint density at radius 2 is 1.72 bits per heavy atom. The summed E-state index contributed by atoms with van der Waals surface area (Å²) in [5, 5.41) is 4.12. The van der Waals surface area contributed by atoms with Gasteiger partial charge in [-0.3, -0.25) is 4.40 Å². The van der Waals surface area contributed by atoms with Crippen molar-refractivity contribution in [1.29, 1.82) is 0 Å². The molecule has 0 unspecified atom stereocenters. The maximum absolute atomic E-state index is 12.5. The maximum atomic E-state index is 12.5. The van der Waals surface area contributed by atoms with Gasteiger partial charge in [0.15, 0.2) is 0 Å². The van der Waals surface area contributed by atoms with Gasteiger partial charge in [-0.25, -0.2) is 9.78 Å². The third-order valence-electron chi connectivity index (χ3n) is 5.91. The first-order valence-corrected chi connectivity index (χ1v) is 11.4. The van der Waals surface area contributed by atoms with Crippen LogP contribution in [0.15, 0.2) is 72.9 Å². The predicted molar refractivity (Wildman–Crippen MR) is 128 cm³/mol. The molecule has 1 aliphatic carbocycles. The Morgan fingerprint density at radius 1 is 0.969 bits per heavy atom. The fourth-order valence-corrected chi connectivity index (χ4v) is 4.46. The van der Waals surface area contributed by atoms with Crippen LogP contribution in [0.2, 0.25) is 5.02 Å². The molecule has 6 heteroatoms. The SMILES string of the molecule is O=C(Oc1ccc(-c2nc3ccccn3c2NC2CCCCC2)cc1)c1ccccc1Cl. The van der Waals surface area contributed by atoms with E-state index in [0.29, 0.717) is 22.4 Å². The lowest BCUT2D eigenvalue weighted by Gasteiger charge is -2.24. The van der Waals surface area contributed by atoms with E-state index in [1.54, 1.807) is 36.4 Å². The minimum atomic E-state index is -0.476. The zero-order valence-electron chi connectivity index (χ0n) is 17.6. The summed E-state index contributed by atoms with van der Waals surface area (Å²) in [6.07, 6.45) is 8.22. The Labute approximate surface area is 192 Å². The third kappa shape index (κ3) is 4.21. The second-order valence-corrected chi connectivity index (χ2v) is 8.52. The molecule has 1 aliphatic rings. The van der Waals surface area contributed by atoms with E-state index in [-0.39, 0.29) is 0 Å². The number of nitrogens with one attached hydrogen (secondary N) is 1. The molecular formula is C26H24ClN3O2. The first-order valence-electron chi connectivity index (χ1n) is 11.0. The normalized spacial score (nSPS) is 14.4. The highest BCUT2D eigenvalue weighted by Gasteiger charge is 2.20. The Morgan fingerprint density at radius 3 is 2.50 bits per heavy atom. The van der Waals surface area contributed by atoms with Crippen LogP contribution < -0.4 is 10.1 Å². The van der Waals surface area contributed by atoms with E-state index in [4.69, 9.17) is 21.3 Å². The van der Waals surface area contributed by atoms with E-state index < -0.39 is 5.97 Å². The van der Waals surface area contributed by atoms with Crippen molar-refractivity contribution in [2.24, 2.45) is 0 Å². The highest BCUT2D eigenvalue weighted by molar-refractivity contribution is 6.33. The van der Waals surface area contributed by atoms with Crippen molar-refractivity contribution in [2.45, 2.75) is 38.1 Å². The van der Waals surface area contributed by atoms with Gasteiger partial charge in [0.05, 0.1) is 10.6 Å². The van der Waals surface area contributed by atoms with Crippen molar-refractivity contribution in [3.05, 3.63) is 83.5 Å². The minimum Gasteiger partial charge on any atom is -0.423 e. The molecule has 5 rings (SSSR count). The zero-order chi connectivity index (χ0) is 21.9. The van der Waals surface area contributed by atoms with Gasteiger partial charge in [0.25, 0.3) is 0 Å². The monoisotopic (exact) mass is 445 g/mol. The summed E-state index contributed by atoms with van der Waals surface area (Å²) in [6, 6.07) is 20.8. The number of imidazole rings is 1. The molecule has 0 spiro atoms. The number of anilines is 1. The minimum absolute atomic E-state index is 0.345. The molecule has 1 saturated carbocycles. The van der Waals surface area contributed by atoms with Gasteiger partial charge in [-0.2, -0.15) is 0 Å². The predicted octanol–water partition coefficient (Wildman–Crippen LogP) is 6.62. The number of hydrogen-bond acceptors (Lipinski definition) is 4. The third-order valence-corrected chi connectivity index (χ3v) is 6.24. The number of ether oxygens (including phenoxy) is 1. The second-order valence-electron chi connectivity index (χ2n) is 8.11. The van der Waals surface area contributed by atoms with Crippen molar-refractivity contribution in [3.63, 3.8) is 0 Å². The van der Waals surface area contributed by atoms with Crippen LogP contribution in [-0.2, 0) is 0 Å². The summed E-state index contributed by atoms with van der Waals surface area (Å²) in [6.45, 7) is 0. The number of benzene rings is 2. The van der Waals surface area contributed by atoms with Crippen molar-refractivity contribution >= 4 is 29.0 Å². The number of carbonyl (C=O) groups excluding carboxylic acids is 1. The number of carbonyl (C=O) groups is 1. The van der Waals surface area contributed by atoms with Crippen molar-refractivity contribution in [2.75, 3.05) is 5.32 Å². The fraction of sp³-hybridized carbons (Fsp3) is 0.231. The second kappa shape index (κ2) is 9.05.